The maximum absolute atomic E-state index is 11.8. The van der Waals surface area contributed by atoms with E-state index >= 15 is 0 Å². The topological polar surface area (TPSA) is 84.7 Å². The summed E-state index contributed by atoms with van der Waals surface area (Å²) in [5.41, 5.74) is 6.23. The van der Waals surface area contributed by atoms with Crippen molar-refractivity contribution in [2.75, 3.05) is 33.9 Å². The lowest BCUT2D eigenvalue weighted by Crippen LogP contribution is -2.42. The predicted octanol–water partition coefficient (Wildman–Crippen LogP) is 0.298. The number of amides is 2. The Bertz CT molecular complexity index is 451. The van der Waals surface area contributed by atoms with Crippen molar-refractivity contribution in [3.8, 4) is 0 Å². The molecule has 2 amide bonds. The number of likely N-dealkylation sites (N-methyl/N-ethyl adjacent to an activating group) is 1. The molecule has 0 spiro atoms. The van der Waals surface area contributed by atoms with Gasteiger partial charge in [-0.15, -0.1) is 0 Å². The van der Waals surface area contributed by atoms with Gasteiger partial charge in [-0.25, -0.2) is 0 Å². The van der Waals surface area contributed by atoms with Gasteiger partial charge in [0, 0.05) is 20.3 Å². The van der Waals surface area contributed by atoms with Crippen molar-refractivity contribution in [1.82, 2.24) is 10.2 Å². The maximum atomic E-state index is 11.8. The van der Waals surface area contributed by atoms with Gasteiger partial charge in [0.1, 0.15) is 6.04 Å². The van der Waals surface area contributed by atoms with Gasteiger partial charge in [0.25, 0.3) is 0 Å². The van der Waals surface area contributed by atoms with E-state index in [1.807, 2.05) is 30.3 Å². The summed E-state index contributed by atoms with van der Waals surface area (Å²) in [7, 11) is 3.32. The van der Waals surface area contributed by atoms with Gasteiger partial charge in [0.2, 0.25) is 11.8 Å². The van der Waals surface area contributed by atoms with Crippen LogP contribution in [0.2, 0.25) is 0 Å². The highest BCUT2D eigenvalue weighted by Gasteiger charge is 2.24. The van der Waals surface area contributed by atoms with E-state index in [1.54, 1.807) is 19.1 Å². The first-order chi connectivity index (χ1) is 10.1. The fourth-order valence-corrected chi connectivity index (χ4v) is 2.09. The predicted molar refractivity (Wildman–Crippen MR) is 80.5 cm³/mol. The minimum Gasteiger partial charge on any atom is -0.385 e. The Morgan fingerprint density at radius 1 is 1.33 bits per heavy atom. The van der Waals surface area contributed by atoms with Crippen LogP contribution in [0, 0.1) is 0 Å². The Balaban J connectivity index is 2.56. The van der Waals surface area contributed by atoms with Crippen LogP contribution in [0.3, 0.4) is 0 Å². The summed E-state index contributed by atoms with van der Waals surface area (Å²) in [6, 6.07) is 8.57. The standard InChI is InChI=1S/C15H23N3O3/c1-18(11-13(19)17-9-6-10-21-2)14(15(16)20)12-7-4-3-5-8-12/h3-5,7-8,14H,6,9-11H2,1-2H3,(H2,16,20)(H,17,19)/t14-/m0/s1. The molecule has 6 nitrogen and oxygen atoms in total. The van der Waals surface area contributed by atoms with Crippen molar-refractivity contribution in [3.63, 3.8) is 0 Å². The number of carbonyl (C=O) groups is 2. The molecule has 1 rings (SSSR count). The molecule has 116 valence electrons. The molecule has 0 unspecified atom stereocenters. The van der Waals surface area contributed by atoms with E-state index in [0.717, 1.165) is 12.0 Å². The molecule has 6 heteroatoms. The summed E-state index contributed by atoms with van der Waals surface area (Å²) in [5, 5.41) is 2.78. The van der Waals surface area contributed by atoms with Crippen LogP contribution >= 0.6 is 0 Å². The molecule has 0 bridgehead atoms. The third-order valence-electron chi connectivity index (χ3n) is 3.07. The number of hydrogen-bond acceptors (Lipinski definition) is 4. The molecule has 1 aromatic carbocycles. The number of nitrogens with two attached hydrogens (primary N) is 1. The highest BCUT2D eigenvalue weighted by molar-refractivity contribution is 5.83. The highest BCUT2D eigenvalue weighted by Crippen LogP contribution is 2.18. The SMILES string of the molecule is COCCCNC(=O)CN(C)[C@H](C(N)=O)c1ccccc1. The van der Waals surface area contributed by atoms with Crippen molar-refractivity contribution in [3.05, 3.63) is 35.9 Å². The quantitative estimate of drug-likeness (QED) is 0.641. The summed E-state index contributed by atoms with van der Waals surface area (Å²) in [5.74, 6) is -0.619. The smallest absolute Gasteiger partial charge is 0.239 e. The third-order valence-corrected chi connectivity index (χ3v) is 3.07. The summed E-state index contributed by atoms with van der Waals surface area (Å²) in [6.07, 6.45) is 0.754. The van der Waals surface area contributed by atoms with E-state index in [2.05, 4.69) is 5.32 Å². The molecular weight excluding hydrogens is 270 g/mol. The number of hydrogen-bond donors (Lipinski definition) is 2. The van der Waals surface area contributed by atoms with E-state index in [-0.39, 0.29) is 12.5 Å². The number of carbonyl (C=O) groups excluding carboxylic acids is 2. The molecule has 0 aliphatic carbocycles. The Morgan fingerprint density at radius 2 is 2.00 bits per heavy atom. The monoisotopic (exact) mass is 293 g/mol. The maximum Gasteiger partial charge on any atom is 0.239 e. The number of rotatable bonds is 9. The molecule has 1 aromatic rings. The van der Waals surface area contributed by atoms with Crippen molar-refractivity contribution >= 4 is 11.8 Å². The van der Waals surface area contributed by atoms with Crippen molar-refractivity contribution < 1.29 is 14.3 Å². The van der Waals surface area contributed by atoms with Gasteiger partial charge in [-0.05, 0) is 19.0 Å². The highest BCUT2D eigenvalue weighted by atomic mass is 16.5. The van der Waals surface area contributed by atoms with Crippen molar-refractivity contribution in [2.45, 2.75) is 12.5 Å². The molecule has 0 aromatic heterocycles. The van der Waals surface area contributed by atoms with E-state index in [0.29, 0.717) is 13.2 Å². The van der Waals surface area contributed by atoms with Crippen LogP contribution in [0.1, 0.15) is 18.0 Å². The molecule has 0 saturated carbocycles. The van der Waals surface area contributed by atoms with Crippen LogP contribution in [-0.4, -0.2) is 50.6 Å². The lowest BCUT2D eigenvalue weighted by Gasteiger charge is -2.25. The van der Waals surface area contributed by atoms with Gasteiger partial charge in [0.15, 0.2) is 0 Å². The molecular formula is C15H23N3O3. The minimum atomic E-state index is -0.615. The van der Waals surface area contributed by atoms with Crippen LogP contribution in [-0.2, 0) is 14.3 Å². The number of primary amides is 1. The second-order valence-corrected chi connectivity index (χ2v) is 4.83. The first-order valence-corrected chi connectivity index (χ1v) is 6.86. The fraction of sp³-hybridized carbons (Fsp3) is 0.467. The first kappa shape index (κ1) is 17.1. The fourth-order valence-electron chi connectivity index (χ4n) is 2.09. The number of nitrogens with zero attached hydrogens (tertiary/aromatic N) is 1. The Hall–Kier alpha value is -1.92. The van der Waals surface area contributed by atoms with E-state index < -0.39 is 11.9 Å². The molecule has 0 saturated heterocycles. The average Bonchev–Trinajstić information content (AvgIpc) is 2.44. The molecule has 0 fully saturated rings. The van der Waals surface area contributed by atoms with Crippen LogP contribution in [0.4, 0.5) is 0 Å². The Morgan fingerprint density at radius 3 is 2.57 bits per heavy atom. The zero-order valence-electron chi connectivity index (χ0n) is 12.5. The van der Waals surface area contributed by atoms with Crippen molar-refractivity contribution in [1.29, 1.82) is 0 Å². The van der Waals surface area contributed by atoms with Gasteiger partial charge < -0.3 is 15.8 Å². The summed E-state index contributed by atoms with van der Waals surface area (Å²) >= 11 is 0. The zero-order chi connectivity index (χ0) is 15.7. The second-order valence-electron chi connectivity index (χ2n) is 4.83. The van der Waals surface area contributed by atoms with Gasteiger partial charge in [-0.1, -0.05) is 30.3 Å². The molecule has 3 N–H and O–H groups in total. The normalized spacial score (nSPS) is 12.1. The van der Waals surface area contributed by atoms with Gasteiger partial charge in [-0.3, -0.25) is 14.5 Å². The lowest BCUT2D eigenvalue weighted by atomic mass is 10.1. The third kappa shape index (κ3) is 5.93. The minimum absolute atomic E-state index is 0.107. The average molecular weight is 293 g/mol. The van der Waals surface area contributed by atoms with Crippen molar-refractivity contribution in [2.24, 2.45) is 5.73 Å². The van der Waals surface area contributed by atoms with Crippen LogP contribution in [0.15, 0.2) is 30.3 Å². The zero-order valence-corrected chi connectivity index (χ0v) is 12.5. The molecule has 21 heavy (non-hydrogen) atoms. The van der Waals surface area contributed by atoms with Crippen LogP contribution in [0.25, 0.3) is 0 Å². The van der Waals surface area contributed by atoms with Gasteiger partial charge >= 0.3 is 0 Å². The molecule has 0 aliphatic rings. The first-order valence-electron chi connectivity index (χ1n) is 6.86. The van der Waals surface area contributed by atoms with E-state index in [4.69, 9.17) is 10.5 Å². The van der Waals surface area contributed by atoms with E-state index in [1.165, 1.54) is 0 Å². The number of methoxy groups -OCH3 is 1. The molecule has 0 aliphatic heterocycles. The summed E-state index contributed by atoms with van der Waals surface area (Å²) in [4.78, 5) is 25.1. The Labute approximate surface area is 125 Å². The molecule has 0 heterocycles. The molecule has 1 atom stereocenters. The molecule has 0 radical (unpaired) electrons. The number of ether oxygens (including phenoxy) is 1. The summed E-state index contributed by atoms with van der Waals surface area (Å²) in [6.45, 7) is 1.26. The van der Waals surface area contributed by atoms with Crippen LogP contribution < -0.4 is 11.1 Å². The number of nitrogens with one attached hydrogen (secondary N) is 1. The largest absolute Gasteiger partial charge is 0.385 e. The van der Waals surface area contributed by atoms with Gasteiger partial charge in [0.05, 0.1) is 6.54 Å². The summed E-state index contributed by atoms with van der Waals surface area (Å²) < 4.78 is 4.91. The Kier molecular flexibility index (Phi) is 7.42. The van der Waals surface area contributed by atoms with Gasteiger partial charge in [-0.2, -0.15) is 0 Å². The second kappa shape index (κ2) is 9.10. The number of benzene rings is 1. The lowest BCUT2D eigenvalue weighted by molar-refractivity contribution is -0.126. The van der Waals surface area contributed by atoms with Crippen LogP contribution in [0.5, 0.6) is 0 Å². The van der Waals surface area contributed by atoms with E-state index in [9.17, 15) is 9.59 Å².